The van der Waals surface area contributed by atoms with Crippen LogP contribution < -0.4 is 5.73 Å². The maximum Gasteiger partial charge on any atom is 0.0453 e. The van der Waals surface area contributed by atoms with E-state index < -0.39 is 0 Å². The molecule has 0 aliphatic heterocycles. The van der Waals surface area contributed by atoms with E-state index in [0.29, 0.717) is 0 Å². The van der Waals surface area contributed by atoms with Crippen molar-refractivity contribution < 1.29 is 0 Å². The summed E-state index contributed by atoms with van der Waals surface area (Å²) in [7, 11) is 0. The van der Waals surface area contributed by atoms with Crippen molar-refractivity contribution >= 4 is 23.2 Å². The van der Waals surface area contributed by atoms with Gasteiger partial charge in [-0.15, -0.1) is 0 Å². The second-order valence-corrected chi connectivity index (χ2v) is 4.55. The molecule has 13 heavy (non-hydrogen) atoms. The third kappa shape index (κ3) is 1.98. The number of nitrogens with two attached hydrogens (primary N) is 1. The molecule has 0 atom stereocenters. The van der Waals surface area contributed by atoms with Crippen molar-refractivity contribution in [2.24, 2.45) is 5.73 Å². The molecule has 1 nitrogen and oxygen atoms in total. The lowest BCUT2D eigenvalue weighted by Crippen LogP contribution is -2.24. The third-order valence-corrected chi connectivity index (χ3v) is 3.19. The summed E-state index contributed by atoms with van der Waals surface area (Å²) >= 11 is 12.0. The zero-order chi connectivity index (χ0) is 9.47. The minimum absolute atomic E-state index is 0.0331. The van der Waals surface area contributed by atoms with Gasteiger partial charge in [0.15, 0.2) is 0 Å². The third-order valence-electron chi connectivity index (χ3n) is 2.48. The fraction of sp³-hybridized carbons (Fsp3) is 0.400. The predicted molar refractivity (Wildman–Crippen MR) is 56.3 cm³/mol. The lowest BCUT2D eigenvalue weighted by atomic mass is 10.1. The molecule has 1 aliphatic carbocycles. The number of benzene rings is 1. The average Bonchev–Trinajstić information content (AvgIpc) is 2.78. The minimum Gasteiger partial charge on any atom is -0.325 e. The molecule has 2 N–H and O–H groups in total. The first-order chi connectivity index (χ1) is 6.11. The van der Waals surface area contributed by atoms with Gasteiger partial charge in [-0.1, -0.05) is 29.3 Å². The molecule has 0 aromatic heterocycles. The lowest BCUT2D eigenvalue weighted by Gasteiger charge is -2.11. The number of rotatable bonds is 2. The summed E-state index contributed by atoms with van der Waals surface area (Å²) < 4.78 is 0. The molecule has 0 amide bonds. The average molecular weight is 216 g/mol. The van der Waals surface area contributed by atoms with Gasteiger partial charge in [0.25, 0.3) is 0 Å². The van der Waals surface area contributed by atoms with Crippen LogP contribution in [0.2, 0.25) is 10.0 Å². The number of hydrogen-bond donors (Lipinski definition) is 1. The maximum absolute atomic E-state index is 6.02. The van der Waals surface area contributed by atoms with Crippen molar-refractivity contribution in [3.8, 4) is 0 Å². The molecule has 0 heterocycles. The summed E-state index contributed by atoms with van der Waals surface area (Å²) in [5.41, 5.74) is 6.96. The zero-order valence-electron chi connectivity index (χ0n) is 7.19. The van der Waals surface area contributed by atoms with Gasteiger partial charge >= 0.3 is 0 Å². The topological polar surface area (TPSA) is 26.0 Å². The summed E-state index contributed by atoms with van der Waals surface area (Å²) in [6, 6.07) is 5.56. The van der Waals surface area contributed by atoms with E-state index in [-0.39, 0.29) is 5.54 Å². The van der Waals surface area contributed by atoms with Crippen LogP contribution in [0.4, 0.5) is 0 Å². The van der Waals surface area contributed by atoms with E-state index in [4.69, 9.17) is 28.9 Å². The molecule has 1 aromatic carbocycles. The number of halogens is 2. The van der Waals surface area contributed by atoms with Crippen LogP contribution in [-0.2, 0) is 6.42 Å². The predicted octanol–water partition coefficient (Wildman–Crippen LogP) is 3.03. The Morgan fingerprint density at radius 3 is 2.23 bits per heavy atom. The molecule has 1 saturated carbocycles. The minimum atomic E-state index is -0.0331. The van der Waals surface area contributed by atoms with Crippen molar-refractivity contribution in [1.82, 2.24) is 0 Å². The summed E-state index contributed by atoms with van der Waals surface area (Å²) in [6.45, 7) is 0. The van der Waals surface area contributed by atoms with E-state index in [1.807, 2.05) is 18.2 Å². The Kier molecular flexibility index (Phi) is 2.26. The molecule has 0 unspecified atom stereocenters. The second kappa shape index (κ2) is 3.16. The maximum atomic E-state index is 6.02. The SMILES string of the molecule is NC1(Cc2c(Cl)cccc2Cl)CC1. The van der Waals surface area contributed by atoms with Gasteiger partial charge < -0.3 is 5.73 Å². The first kappa shape index (κ1) is 9.32. The highest BCUT2D eigenvalue weighted by atomic mass is 35.5. The molecule has 3 heteroatoms. The van der Waals surface area contributed by atoms with Crippen molar-refractivity contribution in [1.29, 1.82) is 0 Å². The van der Waals surface area contributed by atoms with Gasteiger partial charge in [-0.25, -0.2) is 0 Å². The monoisotopic (exact) mass is 215 g/mol. The van der Waals surface area contributed by atoms with Gasteiger partial charge in [-0.2, -0.15) is 0 Å². The second-order valence-electron chi connectivity index (χ2n) is 3.74. The fourth-order valence-electron chi connectivity index (χ4n) is 1.39. The smallest absolute Gasteiger partial charge is 0.0453 e. The van der Waals surface area contributed by atoms with Crippen LogP contribution in [0, 0.1) is 0 Å². The van der Waals surface area contributed by atoms with E-state index in [1.165, 1.54) is 0 Å². The van der Waals surface area contributed by atoms with Crippen molar-refractivity contribution in [3.05, 3.63) is 33.8 Å². The quantitative estimate of drug-likeness (QED) is 0.807. The first-order valence-corrected chi connectivity index (χ1v) is 5.08. The van der Waals surface area contributed by atoms with Crippen LogP contribution in [0.25, 0.3) is 0 Å². The van der Waals surface area contributed by atoms with Crippen LogP contribution in [0.1, 0.15) is 18.4 Å². The summed E-state index contributed by atoms with van der Waals surface area (Å²) in [4.78, 5) is 0. The van der Waals surface area contributed by atoms with E-state index in [1.54, 1.807) is 0 Å². The van der Waals surface area contributed by atoms with E-state index >= 15 is 0 Å². The van der Waals surface area contributed by atoms with Crippen molar-refractivity contribution in [2.75, 3.05) is 0 Å². The van der Waals surface area contributed by atoms with Gasteiger partial charge in [0.2, 0.25) is 0 Å². The Labute approximate surface area is 87.8 Å². The van der Waals surface area contributed by atoms with Crippen molar-refractivity contribution in [2.45, 2.75) is 24.8 Å². The molecule has 70 valence electrons. The Bertz CT molecular complexity index is 311. The summed E-state index contributed by atoms with van der Waals surface area (Å²) in [6.07, 6.45) is 2.95. The van der Waals surface area contributed by atoms with Crippen molar-refractivity contribution in [3.63, 3.8) is 0 Å². The molecule has 0 radical (unpaired) electrons. The van der Waals surface area contributed by atoms with Gasteiger partial charge in [0.1, 0.15) is 0 Å². The van der Waals surface area contributed by atoms with Crippen LogP contribution >= 0.6 is 23.2 Å². The van der Waals surface area contributed by atoms with Crippen LogP contribution in [0.5, 0.6) is 0 Å². The molecular weight excluding hydrogens is 205 g/mol. The van der Waals surface area contributed by atoms with E-state index in [9.17, 15) is 0 Å². The van der Waals surface area contributed by atoms with E-state index in [2.05, 4.69) is 0 Å². The van der Waals surface area contributed by atoms with E-state index in [0.717, 1.165) is 34.9 Å². The highest BCUT2D eigenvalue weighted by Crippen LogP contribution is 2.39. The zero-order valence-corrected chi connectivity index (χ0v) is 8.70. The van der Waals surface area contributed by atoms with Crippen LogP contribution in [0.3, 0.4) is 0 Å². The number of hydrogen-bond acceptors (Lipinski definition) is 1. The fourth-order valence-corrected chi connectivity index (χ4v) is 1.92. The van der Waals surface area contributed by atoms with Gasteiger partial charge in [0.05, 0.1) is 0 Å². The molecule has 0 spiro atoms. The Balaban J connectivity index is 2.28. The molecule has 1 fully saturated rings. The van der Waals surface area contributed by atoms with Gasteiger partial charge in [-0.05, 0) is 37.0 Å². The standard InChI is InChI=1S/C10H11Cl2N/c11-8-2-1-3-9(12)7(8)6-10(13)4-5-10/h1-3H,4-6,13H2. The van der Waals surface area contributed by atoms with Crippen LogP contribution in [-0.4, -0.2) is 5.54 Å². The molecular formula is C10H11Cl2N. The molecule has 2 rings (SSSR count). The lowest BCUT2D eigenvalue weighted by molar-refractivity contribution is 0.672. The molecule has 1 aromatic rings. The molecule has 1 aliphatic rings. The highest BCUT2D eigenvalue weighted by Gasteiger charge is 2.38. The highest BCUT2D eigenvalue weighted by molar-refractivity contribution is 6.36. The van der Waals surface area contributed by atoms with Gasteiger partial charge in [0, 0.05) is 15.6 Å². The van der Waals surface area contributed by atoms with Gasteiger partial charge in [-0.3, -0.25) is 0 Å². The molecule has 0 saturated heterocycles. The molecule has 0 bridgehead atoms. The summed E-state index contributed by atoms with van der Waals surface area (Å²) in [5, 5.41) is 1.45. The Morgan fingerprint density at radius 1 is 1.23 bits per heavy atom. The Morgan fingerprint density at radius 2 is 1.77 bits per heavy atom. The summed E-state index contributed by atoms with van der Waals surface area (Å²) in [5.74, 6) is 0. The normalized spacial score (nSPS) is 18.7. The largest absolute Gasteiger partial charge is 0.325 e. The Hall–Kier alpha value is -0.240. The first-order valence-electron chi connectivity index (χ1n) is 4.32. The van der Waals surface area contributed by atoms with Crippen LogP contribution in [0.15, 0.2) is 18.2 Å².